The molecule has 0 aromatic rings. The van der Waals surface area contributed by atoms with E-state index < -0.39 is 0 Å². The van der Waals surface area contributed by atoms with E-state index in [1.807, 2.05) is 0 Å². The first kappa shape index (κ1) is 7.03. The molecule has 1 aliphatic rings. The number of methoxy groups -OCH3 is 1. The second-order valence-corrected chi connectivity index (χ2v) is 2.62. The van der Waals surface area contributed by atoms with Gasteiger partial charge in [-0.2, -0.15) is 0 Å². The van der Waals surface area contributed by atoms with Crippen molar-refractivity contribution in [2.24, 2.45) is 0 Å². The van der Waals surface area contributed by atoms with Crippen molar-refractivity contribution in [2.75, 3.05) is 13.8 Å². The molecule has 0 aliphatic heterocycles. The molecule has 0 unspecified atom stereocenters. The van der Waals surface area contributed by atoms with E-state index in [2.05, 4.69) is 5.32 Å². The van der Waals surface area contributed by atoms with Crippen LogP contribution in [0.3, 0.4) is 0 Å². The summed E-state index contributed by atoms with van der Waals surface area (Å²) in [5.41, 5.74) is 0. The van der Waals surface area contributed by atoms with Gasteiger partial charge in [0.05, 0.1) is 6.73 Å². The third-order valence-electron chi connectivity index (χ3n) is 1.87. The lowest BCUT2D eigenvalue weighted by molar-refractivity contribution is 0.164. The fourth-order valence-electron chi connectivity index (χ4n) is 1.33. The van der Waals surface area contributed by atoms with Gasteiger partial charge in [-0.05, 0) is 12.8 Å². The zero-order valence-electron chi connectivity index (χ0n) is 6.02. The van der Waals surface area contributed by atoms with Crippen LogP contribution in [0.25, 0.3) is 0 Å². The number of hydrogen-bond donors (Lipinski definition) is 1. The molecule has 0 aromatic heterocycles. The number of ether oxygens (including phenoxy) is 1. The topological polar surface area (TPSA) is 21.3 Å². The maximum Gasteiger partial charge on any atom is 0.0963 e. The molecule has 1 saturated carbocycles. The van der Waals surface area contributed by atoms with Crippen molar-refractivity contribution < 1.29 is 4.74 Å². The molecule has 9 heavy (non-hydrogen) atoms. The molecule has 0 atom stereocenters. The Balaban J connectivity index is 1.98. The van der Waals surface area contributed by atoms with Crippen LogP contribution in [0.15, 0.2) is 0 Å². The molecule has 0 aromatic carbocycles. The van der Waals surface area contributed by atoms with Crippen molar-refractivity contribution in [3.8, 4) is 0 Å². The Hall–Kier alpha value is -0.0800. The lowest BCUT2D eigenvalue weighted by Crippen LogP contribution is -2.27. The molecule has 1 N–H and O–H groups in total. The van der Waals surface area contributed by atoms with E-state index in [-0.39, 0.29) is 0 Å². The van der Waals surface area contributed by atoms with Gasteiger partial charge < -0.3 is 4.74 Å². The Morgan fingerprint density at radius 3 is 2.67 bits per heavy atom. The van der Waals surface area contributed by atoms with Crippen LogP contribution < -0.4 is 5.32 Å². The predicted molar refractivity (Wildman–Crippen MR) is 37.3 cm³/mol. The Kier molecular flexibility index (Phi) is 3.01. The molecule has 0 spiro atoms. The Morgan fingerprint density at radius 1 is 1.44 bits per heavy atom. The molecule has 0 heterocycles. The van der Waals surface area contributed by atoms with E-state index in [4.69, 9.17) is 4.74 Å². The average Bonchev–Trinajstić information content (AvgIpc) is 2.34. The first-order chi connectivity index (χ1) is 4.43. The number of rotatable bonds is 3. The van der Waals surface area contributed by atoms with Crippen LogP contribution in [0.1, 0.15) is 25.7 Å². The molecule has 0 amide bonds. The first-order valence-electron chi connectivity index (χ1n) is 3.66. The molecular weight excluding hydrogens is 114 g/mol. The lowest BCUT2D eigenvalue weighted by atomic mass is 10.3. The van der Waals surface area contributed by atoms with E-state index in [1.165, 1.54) is 25.7 Å². The predicted octanol–water partition coefficient (Wildman–Crippen LogP) is 1.12. The van der Waals surface area contributed by atoms with Crippen molar-refractivity contribution in [2.45, 2.75) is 31.7 Å². The second kappa shape index (κ2) is 3.85. The monoisotopic (exact) mass is 129 g/mol. The van der Waals surface area contributed by atoms with Gasteiger partial charge in [0.2, 0.25) is 0 Å². The van der Waals surface area contributed by atoms with Crippen LogP contribution in [-0.4, -0.2) is 19.9 Å². The molecule has 1 fully saturated rings. The van der Waals surface area contributed by atoms with E-state index in [9.17, 15) is 0 Å². The molecule has 0 radical (unpaired) electrons. The van der Waals surface area contributed by atoms with Gasteiger partial charge in [-0.25, -0.2) is 0 Å². The van der Waals surface area contributed by atoms with Gasteiger partial charge >= 0.3 is 0 Å². The van der Waals surface area contributed by atoms with Gasteiger partial charge in [0.1, 0.15) is 0 Å². The lowest BCUT2D eigenvalue weighted by Gasteiger charge is -2.09. The molecule has 54 valence electrons. The van der Waals surface area contributed by atoms with Crippen LogP contribution in [0.2, 0.25) is 0 Å². The highest BCUT2D eigenvalue weighted by molar-refractivity contribution is 4.71. The second-order valence-electron chi connectivity index (χ2n) is 2.62. The SMILES string of the molecule is COCNC1CCCC1. The van der Waals surface area contributed by atoms with Crippen molar-refractivity contribution >= 4 is 0 Å². The maximum atomic E-state index is 4.89. The minimum absolute atomic E-state index is 0.713. The molecule has 0 bridgehead atoms. The normalized spacial score (nSPS) is 21.0. The fourth-order valence-corrected chi connectivity index (χ4v) is 1.33. The average molecular weight is 129 g/mol. The number of hydrogen-bond acceptors (Lipinski definition) is 2. The van der Waals surface area contributed by atoms with Gasteiger partial charge in [0, 0.05) is 13.2 Å². The Morgan fingerprint density at radius 2 is 2.11 bits per heavy atom. The summed E-state index contributed by atoms with van der Waals surface area (Å²) >= 11 is 0. The molecule has 0 saturated heterocycles. The summed E-state index contributed by atoms with van der Waals surface area (Å²) in [6.45, 7) is 0.713. The van der Waals surface area contributed by atoms with Crippen LogP contribution in [0.4, 0.5) is 0 Å². The van der Waals surface area contributed by atoms with Crippen molar-refractivity contribution in [1.82, 2.24) is 5.32 Å². The van der Waals surface area contributed by atoms with E-state index in [0.717, 1.165) is 6.04 Å². The van der Waals surface area contributed by atoms with Crippen LogP contribution in [0, 0.1) is 0 Å². The molecule has 2 nitrogen and oxygen atoms in total. The van der Waals surface area contributed by atoms with Crippen LogP contribution in [-0.2, 0) is 4.74 Å². The molecule has 1 aliphatic carbocycles. The molecule has 1 rings (SSSR count). The summed E-state index contributed by atoms with van der Waals surface area (Å²) in [5.74, 6) is 0. The van der Waals surface area contributed by atoms with Gasteiger partial charge in [-0.1, -0.05) is 12.8 Å². The summed E-state index contributed by atoms with van der Waals surface area (Å²) in [4.78, 5) is 0. The highest BCUT2D eigenvalue weighted by Gasteiger charge is 2.12. The summed E-state index contributed by atoms with van der Waals surface area (Å²) in [7, 11) is 1.72. The highest BCUT2D eigenvalue weighted by atomic mass is 16.5. The summed E-state index contributed by atoms with van der Waals surface area (Å²) in [6.07, 6.45) is 5.45. The first-order valence-corrected chi connectivity index (χ1v) is 3.66. The smallest absolute Gasteiger partial charge is 0.0963 e. The van der Waals surface area contributed by atoms with Crippen molar-refractivity contribution in [1.29, 1.82) is 0 Å². The minimum atomic E-state index is 0.713. The largest absolute Gasteiger partial charge is 0.370 e. The van der Waals surface area contributed by atoms with Gasteiger partial charge in [0.15, 0.2) is 0 Å². The van der Waals surface area contributed by atoms with Crippen LogP contribution >= 0.6 is 0 Å². The van der Waals surface area contributed by atoms with E-state index >= 15 is 0 Å². The Bertz CT molecular complexity index is 69.3. The van der Waals surface area contributed by atoms with Gasteiger partial charge in [-0.3, -0.25) is 5.32 Å². The zero-order valence-corrected chi connectivity index (χ0v) is 6.02. The fraction of sp³-hybridized carbons (Fsp3) is 1.00. The molecule has 2 heteroatoms. The van der Waals surface area contributed by atoms with Gasteiger partial charge in [-0.15, -0.1) is 0 Å². The summed E-state index contributed by atoms with van der Waals surface area (Å²) < 4.78 is 4.89. The maximum absolute atomic E-state index is 4.89. The number of nitrogens with one attached hydrogen (secondary N) is 1. The van der Waals surface area contributed by atoms with E-state index in [1.54, 1.807) is 7.11 Å². The quantitative estimate of drug-likeness (QED) is 0.577. The van der Waals surface area contributed by atoms with E-state index in [0.29, 0.717) is 6.73 Å². The van der Waals surface area contributed by atoms with Crippen LogP contribution in [0.5, 0.6) is 0 Å². The minimum Gasteiger partial charge on any atom is -0.370 e. The summed E-state index contributed by atoms with van der Waals surface area (Å²) in [5, 5.41) is 3.31. The standard InChI is InChI=1S/C7H15NO/c1-9-6-8-7-4-2-3-5-7/h7-8H,2-6H2,1H3. The van der Waals surface area contributed by atoms with Gasteiger partial charge in [0.25, 0.3) is 0 Å². The molecular formula is C7H15NO. The third-order valence-corrected chi connectivity index (χ3v) is 1.87. The third kappa shape index (κ3) is 2.33. The highest BCUT2D eigenvalue weighted by Crippen LogP contribution is 2.16. The van der Waals surface area contributed by atoms with Crippen molar-refractivity contribution in [3.05, 3.63) is 0 Å². The van der Waals surface area contributed by atoms with Crippen molar-refractivity contribution in [3.63, 3.8) is 0 Å². The summed E-state index contributed by atoms with van der Waals surface area (Å²) in [6, 6.07) is 0.741. The Labute approximate surface area is 56.6 Å². The zero-order chi connectivity index (χ0) is 6.53.